The van der Waals surface area contributed by atoms with Gasteiger partial charge in [0.05, 0.1) is 0 Å². The predicted molar refractivity (Wildman–Crippen MR) is 71.1 cm³/mol. The van der Waals surface area contributed by atoms with E-state index in [1.54, 1.807) is 0 Å². The number of nitrogens with one attached hydrogen (secondary N) is 3. The molecular weight excluding hydrogens is 226 g/mol. The fourth-order valence-corrected chi connectivity index (χ4v) is 1.59. The first-order valence-electron chi connectivity index (χ1n) is 5.77. The summed E-state index contributed by atoms with van der Waals surface area (Å²) in [6.45, 7) is 3.71. The van der Waals surface area contributed by atoms with Gasteiger partial charge in [-0.2, -0.15) is 0 Å². The minimum atomic E-state index is -0.273. The lowest BCUT2D eigenvalue weighted by molar-refractivity contribution is 0.248. The van der Waals surface area contributed by atoms with Crippen LogP contribution < -0.4 is 16.0 Å². The molecule has 92 valence electrons. The zero-order valence-corrected chi connectivity index (χ0v) is 9.99. The van der Waals surface area contributed by atoms with Gasteiger partial charge in [-0.3, -0.25) is 0 Å². The minimum absolute atomic E-state index is 0.237. The maximum atomic E-state index is 11.0. The van der Waals surface area contributed by atoms with E-state index in [4.69, 9.17) is 0 Å². The smallest absolute Gasteiger partial charge is 0.320 e. The molecule has 0 aliphatic carbocycles. The van der Waals surface area contributed by atoms with E-state index in [9.17, 15) is 4.79 Å². The summed E-state index contributed by atoms with van der Waals surface area (Å²) in [5, 5.41) is 8.36. The average Bonchev–Trinajstić information content (AvgIpc) is 2.94. The number of allylic oxidation sites excluding steroid dienone is 4. The van der Waals surface area contributed by atoms with Gasteiger partial charge >= 0.3 is 6.03 Å². The Morgan fingerprint density at radius 1 is 1.56 bits per heavy atom. The van der Waals surface area contributed by atoms with Crippen molar-refractivity contribution in [3.05, 3.63) is 48.5 Å². The van der Waals surface area contributed by atoms with Crippen molar-refractivity contribution in [1.29, 1.82) is 0 Å². The third-order valence-corrected chi connectivity index (χ3v) is 2.52. The fraction of sp³-hybridized carbons (Fsp3) is 0.214. The first kappa shape index (κ1) is 12.1. The lowest BCUT2D eigenvalue weighted by atomic mass is 10.2. The highest BCUT2D eigenvalue weighted by Crippen LogP contribution is 2.05. The molecule has 2 aliphatic heterocycles. The molecule has 0 bridgehead atoms. The number of hydrogen-bond donors (Lipinski definition) is 3. The number of carbonyl (C=O) groups is 1. The average molecular weight is 241 g/mol. The molecular formula is C14H15N3O. The van der Waals surface area contributed by atoms with Crippen LogP contribution in [0.1, 0.15) is 12.8 Å². The zero-order chi connectivity index (χ0) is 12.8. The standard InChI is InChI=1S/C14H15N3O/c1-11-13(17-14(18)16-11)9-5-3-2-4-7-12-8-6-10-15-12/h2,4,6-7,10,13,15H,1,3,8H2,(H2,16,17,18)/b4-2-,12-7+. The van der Waals surface area contributed by atoms with Crippen molar-refractivity contribution >= 4 is 6.03 Å². The fourth-order valence-electron chi connectivity index (χ4n) is 1.59. The number of hydrogen-bond acceptors (Lipinski definition) is 2. The Kier molecular flexibility index (Phi) is 3.87. The number of amides is 2. The SMILES string of the molecule is C=C1NC(=O)NC1C#CC/C=C\C=C1/CC=CN1. The molecule has 0 aromatic carbocycles. The first-order chi connectivity index (χ1) is 8.75. The van der Waals surface area contributed by atoms with E-state index >= 15 is 0 Å². The Bertz CT molecular complexity index is 493. The van der Waals surface area contributed by atoms with Crippen molar-refractivity contribution in [2.45, 2.75) is 18.9 Å². The van der Waals surface area contributed by atoms with Crippen LogP contribution in [0.3, 0.4) is 0 Å². The third kappa shape index (κ3) is 3.29. The zero-order valence-electron chi connectivity index (χ0n) is 9.99. The van der Waals surface area contributed by atoms with Crippen LogP contribution in [0.4, 0.5) is 4.79 Å². The second-order valence-electron chi connectivity index (χ2n) is 3.95. The van der Waals surface area contributed by atoms with Crippen LogP contribution >= 0.6 is 0 Å². The van der Waals surface area contributed by atoms with Gasteiger partial charge in [0.1, 0.15) is 6.04 Å². The summed E-state index contributed by atoms with van der Waals surface area (Å²) >= 11 is 0. The molecule has 4 nitrogen and oxygen atoms in total. The number of urea groups is 1. The quantitative estimate of drug-likeness (QED) is 0.642. The van der Waals surface area contributed by atoms with Gasteiger partial charge in [-0.05, 0) is 12.3 Å². The molecule has 1 fully saturated rings. The van der Waals surface area contributed by atoms with Gasteiger partial charge in [0.2, 0.25) is 0 Å². The molecule has 3 N–H and O–H groups in total. The third-order valence-electron chi connectivity index (χ3n) is 2.52. The summed E-state index contributed by atoms with van der Waals surface area (Å²) in [6.07, 6.45) is 11.6. The molecule has 0 spiro atoms. The monoisotopic (exact) mass is 241 g/mol. The van der Waals surface area contributed by atoms with E-state index in [1.165, 1.54) is 5.70 Å². The summed E-state index contributed by atoms with van der Waals surface area (Å²) < 4.78 is 0. The molecule has 2 aliphatic rings. The van der Waals surface area contributed by atoms with Gasteiger partial charge in [0.25, 0.3) is 0 Å². The highest BCUT2D eigenvalue weighted by atomic mass is 16.2. The molecule has 1 saturated heterocycles. The van der Waals surface area contributed by atoms with Gasteiger partial charge in [0, 0.05) is 24.2 Å². The molecule has 4 heteroatoms. The van der Waals surface area contributed by atoms with Crippen LogP contribution in [0.5, 0.6) is 0 Å². The lowest BCUT2D eigenvalue weighted by Crippen LogP contribution is -2.24. The molecule has 1 unspecified atom stereocenters. The molecule has 18 heavy (non-hydrogen) atoms. The number of rotatable bonds is 2. The molecule has 2 amide bonds. The summed E-state index contributed by atoms with van der Waals surface area (Å²) in [7, 11) is 0. The second-order valence-corrected chi connectivity index (χ2v) is 3.95. The van der Waals surface area contributed by atoms with Crippen molar-refractivity contribution in [2.75, 3.05) is 0 Å². The molecule has 0 aromatic heterocycles. The van der Waals surface area contributed by atoms with Gasteiger partial charge in [-0.15, -0.1) is 0 Å². The maximum absolute atomic E-state index is 11.0. The first-order valence-corrected chi connectivity index (χ1v) is 5.77. The van der Waals surface area contributed by atoms with E-state index in [2.05, 4.69) is 40.4 Å². The molecule has 1 atom stereocenters. The van der Waals surface area contributed by atoms with Crippen molar-refractivity contribution in [3.63, 3.8) is 0 Å². The summed E-state index contributed by atoms with van der Waals surface area (Å²) in [5.41, 5.74) is 1.79. The Labute approximate surface area is 107 Å². The van der Waals surface area contributed by atoms with Crippen molar-refractivity contribution in [1.82, 2.24) is 16.0 Å². The van der Waals surface area contributed by atoms with Gasteiger partial charge in [-0.1, -0.05) is 36.6 Å². The Hall–Kier alpha value is -2.41. The second kappa shape index (κ2) is 5.78. The van der Waals surface area contributed by atoms with E-state index in [0.717, 1.165) is 6.42 Å². The normalized spacial score (nSPS) is 23.8. The molecule has 2 rings (SSSR count). The van der Waals surface area contributed by atoms with Gasteiger partial charge < -0.3 is 16.0 Å². The van der Waals surface area contributed by atoms with Crippen LogP contribution in [-0.2, 0) is 0 Å². The number of carbonyl (C=O) groups excluding carboxylic acids is 1. The van der Waals surface area contributed by atoms with Crippen molar-refractivity contribution < 1.29 is 4.79 Å². The minimum Gasteiger partial charge on any atom is -0.365 e. The van der Waals surface area contributed by atoms with Crippen LogP contribution in [0.15, 0.2) is 48.5 Å². The summed E-state index contributed by atoms with van der Waals surface area (Å²) in [5.74, 6) is 5.93. The van der Waals surface area contributed by atoms with E-state index in [1.807, 2.05) is 24.4 Å². The molecule has 0 aromatic rings. The summed E-state index contributed by atoms with van der Waals surface area (Å²) in [4.78, 5) is 11.0. The lowest BCUT2D eigenvalue weighted by Gasteiger charge is -1.97. The Morgan fingerprint density at radius 2 is 2.44 bits per heavy atom. The van der Waals surface area contributed by atoms with E-state index in [0.29, 0.717) is 12.1 Å². The highest BCUT2D eigenvalue weighted by Gasteiger charge is 2.21. The molecule has 0 radical (unpaired) electrons. The van der Waals surface area contributed by atoms with E-state index < -0.39 is 0 Å². The van der Waals surface area contributed by atoms with Gasteiger partial charge in [-0.25, -0.2) is 4.79 Å². The molecule has 2 heterocycles. The predicted octanol–water partition coefficient (Wildman–Crippen LogP) is 1.52. The van der Waals surface area contributed by atoms with Crippen molar-refractivity contribution in [3.8, 4) is 11.8 Å². The van der Waals surface area contributed by atoms with E-state index in [-0.39, 0.29) is 12.1 Å². The van der Waals surface area contributed by atoms with Crippen LogP contribution in [0.25, 0.3) is 0 Å². The highest BCUT2D eigenvalue weighted by molar-refractivity contribution is 5.81. The molecule has 0 saturated carbocycles. The summed E-state index contributed by atoms with van der Waals surface area (Å²) in [6, 6.07) is -0.510. The Balaban J connectivity index is 1.75. The van der Waals surface area contributed by atoms with Crippen LogP contribution in [0, 0.1) is 11.8 Å². The maximum Gasteiger partial charge on any atom is 0.320 e. The van der Waals surface area contributed by atoms with Crippen LogP contribution in [-0.4, -0.2) is 12.1 Å². The topological polar surface area (TPSA) is 53.2 Å². The Morgan fingerprint density at radius 3 is 3.11 bits per heavy atom. The largest absolute Gasteiger partial charge is 0.365 e. The van der Waals surface area contributed by atoms with Gasteiger partial charge in [0.15, 0.2) is 0 Å². The van der Waals surface area contributed by atoms with Crippen molar-refractivity contribution in [2.24, 2.45) is 0 Å². The van der Waals surface area contributed by atoms with Crippen LogP contribution in [0.2, 0.25) is 0 Å².